The summed E-state index contributed by atoms with van der Waals surface area (Å²) in [6.45, 7) is 4.20. The molecule has 1 aromatic carbocycles. The minimum absolute atomic E-state index is 0.364. The number of hydrogen-bond acceptors (Lipinski definition) is 3. The molecule has 1 aliphatic rings. The standard InChI is InChI=1S/C15H24N2O/c1-2-14-6-4-3-5-9-17(14)11-12-10-13(16)7-8-15(12)18/h7-8,10,14,18H,2-6,9,11,16H2,1H3. The highest BCUT2D eigenvalue weighted by molar-refractivity contribution is 5.47. The van der Waals surface area contributed by atoms with Gasteiger partial charge in [-0.05, 0) is 44.0 Å². The van der Waals surface area contributed by atoms with Crippen molar-refractivity contribution in [3.8, 4) is 5.75 Å². The number of phenolic OH excluding ortho intramolecular Hbond substituents is 1. The monoisotopic (exact) mass is 248 g/mol. The van der Waals surface area contributed by atoms with Crippen LogP contribution < -0.4 is 5.73 Å². The molecular weight excluding hydrogens is 224 g/mol. The number of benzene rings is 1. The molecule has 1 unspecified atom stereocenters. The maximum Gasteiger partial charge on any atom is 0.120 e. The van der Waals surface area contributed by atoms with Crippen molar-refractivity contribution in [1.82, 2.24) is 4.90 Å². The third-order valence-corrected chi connectivity index (χ3v) is 3.95. The summed E-state index contributed by atoms with van der Waals surface area (Å²) in [6.07, 6.45) is 6.38. The molecule has 3 nitrogen and oxygen atoms in total. The SMILES string of the molecule is CCC1CCCCCN1Cc1cc(N)ccc1O. The van der Waals surface area contributed by atoms with Gasteiger partial charge in [-0.15, -0.1) is 0 Å². The van der Waals surface area contributed by atoms with Crippen molar-refractivity contribution in [1.29, 1.82) is 0 Å². The number of nitrogens with zero attached hydrogens (tertiary/aromatic N) is 1. The van der Waals surface area contributed by atoms with E-state index in [2.05, 4.69) is 11.8 Å². The van der Waals surface area contributed by atoms with Gasteiger partial charge in [0.15, 0.2) is 0 Å². The molecule has 100 valence electrons. The Bertz CT molecular complexity index is 392. The lowest BCUT2D eigenvalue weighted by Gasteiger charge is -2.29. The highest BCUT2D eigenvalue weighted by atomic mass is 16.3. The molecule has 1 saturated heterocycles. The molecule has 0 bridgehead atoms. The van der Waals surface area contributed by atoms with Gasteiger partial charge in [-0.2, -0.15) is 0 Å². The number of aromatic hydroxyl groups is 1. The van der Waals surface area contributed by atoms with E-state index in [1.807, 2.05) is 6.07 Å². The zero-order chi connectivity index (χ0) is 13.0. The Labute approximate surface area is 110 Å². The summed E-state index contributed by atoms with van der Waals surface area (Å²) in [5, 5.41) is 9.91. The van der Waals surface area contributed by atoms with Crippen LogP contribution in [0.2, 0.25) is 0 Å². The quantitative estimate of drug-likeness (QED) is 0.638. The van der Waals surface area contributed by atoms with Crippen LogP contribution in [0.3, 0.4) is 0 Å². The number of likely N-dealkylation sites (tertiary alicyclic amines) is 1. The van der Waals surface area contributed by atoms with E-state index < -0.39 is 0 Å². The molecule has 1 atom stereocenters. The minimum Gasteiger partial charge on any atom is -0.508 e. The third-order valence-electron chi connectivity index (χ3n) is 3.95. The van der Waals surface area contributed by atoms with Gasteiger partial charge < -0.3 is 10.8 Å². The van der Waals surface area contributed by atoms with Gasteiger partial charge in [0.25, 0.3) is 0 Å². The molecule has 18 heavy (non-hydrogen) atoms. The van der Waals surface area contributed by atoms with Crippen molar-refractivity contribution < 1.29 is 5.11 Å². The van der Waals surface area contributed by atoms with Crippen molar-refractivity contribution in [2.45, 2.75) is 51.6 Å². The van der Waals surface area contributed by atoms with E-state index in [1.54, 1.807) is 12.1 Å². The summed E-state index contributed by atoms with van der Waals surface area (Å²) in [7, 11) is 0. The lowest BCUT2D eigenvalue weighted by Crippen LogP contribution is -2.33. The highest BCUT2D eigenvalue weighted by Gasteiger charge is 2.20. The molecular formula is C15H24N2O. The number of anilines is 1. The smallest absolute Gasteiger partial charge is 0.120 e. The second-order valence-corrected chi connectivity index (χ2v) is 5.27. The Kier molecular flexibility index (Phi) is 4.48. The van der Waals surface area contributed by atoms with Crippen LogP contribution in [0.5, 0.6) is 5.75 Å². The predicted molar refractivity (Wildman–Crippen MR) is 75.5 cm³/mol. The Morgan fingerprint density at radius 1 is 1.33 bits per heavy atom. The molecule has 1 aromatic rings. The minimum atomic E-state index is 0.364. The second kappa shape index (κ2) is 6.10. The van der Waals surface area contributed by atoms with Crippen molar-refractivity contribution in [2.24, 2.45) is 0 Å². The van der Waals surface area contributed by atoms with E-state index >= 15 is 0 Å². The lowest BCUT2D eigenvalue weighted by molar-refractivity contribution is 0.184. The number of hydrogen-bond donors (Lipinski definition) is 2. The highest BCUT2D eigenvalue weighted by Crippen LogP contribution is 2.26. The van der Waals surface area contributed by atoms with Crippen molar-refractivity contribution in [2.75, 3.05) is 12.3 Å². The van der Waals surface area contributed by atoms with Crippen molar-refractivity contribution >= 4 is 5.69 Å². The van der Waals surface area contributed by atoms with Gasteiger partial charge in [-0.1, -0.05) is 19.8 Å². The largest absolute Gasteiger partial charge is 0.508 e. The van der Waals surface area contributed by atoms with Crippen LogP contribution >= 0.6 is 0 Å². The Hall–Kier alpha value is -1.22. The first-order chi connectivity index (χ1) is 8.70. The number of phenols is 1. The average Bonchev–Trinajstić information content (AvgIpc) is 2.59. The van der Waals surface area contributed by atoms with Gasteiger partial charge in [-0.3, -0.25) is 4.90 Å². The lowest BCUT2D eigenvalue weighted by atomic mass is 10.1. The van der Waals surface area contributed by atoms with E-state index in [4.69, 9.17) is 5.73 Å². The molecule has 1 aliphatic heterocycles. The van der Waals surface area contributed by atoms with Gasteiger partial charge in [0.05, 0.1) is 0 Å². The molecule has 0 amide bonds. The third kappa shape index (κ3) is 3.16. The van der Waals surface area contributed by atoms with E-state index in [0.29, 0.717) is 11.8 Å². The van der Waals surface area contributed by atoms with Crippen LogP contribution in [0.15, 0.2) is 18.2 Å². The Morgan fingerprint density at radius 2 is 2.17 bits per heavy atom. The van der Waals surface area contributed by atoms with Crippen LogP contribution in [0.4, 0.5) is 5.69 Å². The summed E-state index contributed by atoms with van der Waals surface area (Å²) in [5.41, 5.74) is 7.48. The molecule has 1 fully saturated rings. The first-order valence-corrected chi connectivity index (χ1v) is 7.02. The van der Waals surface area contributed by atoms with Gasteiger partial charge in [0, 0.05) is 23.8 Å². The molecule has 0 radical (unpaired) electrons. The van der Waals surface area contributed by atoms with Crippen LogP contribution in [0, 0.1) is 0 Å². The average molecular weight is 248 g/mol. The maximum absolute atomic E-state index is 9.91. The van der Waals surface area contributed by atoms with E-state index in [0.717, 1.165) is 24.3 Å². The summed E-state index contributed by atoms with van der Waals surface area (Å²) in [4.78, 5) is 2.50. The maximum atomic E-state index is 9.91. The molecule has 3 heteroatoms. The number of nitrogens with two attached hydrogens (primary N) is 1. The van der Waals surface area contributed by atoms with Crippen LogP contribution in [-0.2, 0) is 6.54 Å². The fraction of sp³-hybridized carbons (Fsp3) is 0.600. The number of nitrogen functional groups attached to an aromatic ring is 1. The Balaban J connectivity index is 2.12. The van der Waals surface area contributed by atoms with E-state index in [-0.39, 0.29) is 0 Å². The topological polar surface area (TPSA) is 49.5 Å². The molecule has 0 aliphatic carbocycles. The van der Waals surface area contributed by atoms with Gasteiger partial charge in [-0.25, -0.2) is 0 Å². The fourth-order valence-electron chi connectivity index (χ4n) is 2.86. The number of rotatable bonds is 3. The van der Waals surface area contributed by atoms with E-state index in [9.17, 15) is 5.11 Å². The summed E-state index contributed by atoms with van der Waals surface area (Å²) in [5.74, 6) is 0.364. The zero-order valence-electron chi connectivity index (χ0n) is 11.2. The fourth-order valence-corrected chi connectivity index (χ4v) is 2.86. The Morgan fingerprint density at radius 3 is 2.94 bits per heavy atom. The van der Waals surface area contributed by atoms with E-state index in [1.165, 1.54) is 32.1 Å². The molecule has 0 aromatic heterocycles. The van der Waals surface area contributed by atoms with Crippen molar-refractivity contribution in [3.05, 3.63) is 23.8 Å². The van der Waals surface area contributed by atoms with Crippen LogP contribution in [0.1, 0.15) is 44.6 Å². The molecule has 2 rings (SSSR count). The van der Waals surface area contributed by atoms with Gasteiger partial charge in [0.1, 0.15) is 5.75 Å². The van der Waals surface area contributed by atoms with Crippen LogP contribution in [-0.4, -0.2) is 22.6 Å². The van der Waals surface area contributed by atoms with Crippen LogP contribution in [0.25, 0.3) is 0 Å². The normalized spacial score (nSPS) is 21.7. The summed E-state index contributed by atoms with van der Waals surface area (Å²) >= 11 is 0. The first kappa shape index (κ1) is 13.2. The first-order valence-electron chi connectivity index (χ1n) is 7.02. The molecule has 3 N–H and O–H groups in total. The molecule has 0 spiro atoms. The summed E-state index contributed by atoms with van der Waals surface area (Å²) < 4.78 is 0. The second-order valence-electron chi connectivity index (χ2n) is 5.27. The summed E-state index contributed by atoms with van der Waals surface area (Å²) in [6, 6.07) is 5.99. The van der Waals surface area contributed by atoms with Crippen molar-refractivity contribution in [3.63, 3.8) is 0 Å². The molecule has 0 saturated carbocycles. The van der Waals surface area contributed by atoms with Gasteiger partial charge >= 0.3 is 0 Å². The zero-order valence-corrected chi connectivity index (χ0v) is 11.2. The predicted octanol–water partition coefficient (Wildman–Crippen LogP) is 3.13. The molecule has 1 heterocycles. The van der Waals surface area contributed by atoms with Gasteiger partial charge in [0.2, 0.25) is 0 Å².